The highest BCUT2D eigenvalue weighted by atomic mass is 32.1. The van der Waals surface area contributed by atoms with Gasteiger partial charge in [-0.25, -0.2) is 0 Å². The van der Waals surface area contributed by atoms with Gasteiger partial charge in [-0.05, 0) is 48.5 Å². The van der Waals surface area contributed by atoms with Crippen LogP contribution in [0.1, 0.15) is 30.6 Å². The SMILES string of the molecule is c1csc(CNCC2(C3CC3)CC2)c1. The first kappa shape index (κ1) is 8.93. The van der Waals surface area contributed by atoms with Crippen LogP contribution in [-0.2, 0) is 6.54 Å². The van der Waals surface area contributed by atoms with E-state index in [9.17, 15) is 0 Å². The number of hydrogen-bond acceptors (Lipinski definition) is 2. The molecule has 1 aromatic rings. The van der Waals surface area contributed by atoms with Crippen LogP contribution in [0.5, 0.6) is 0 Å². The predicted octanol–water partition coefficient (Wildman–Crippen LogP) is 3.03. The molecule has 2 aliphatic rings. The van der Waals surface area contributed by atoms with Crippen LogP contribution in [0.4, 0.5) is 0 Å². The third-order valence-corrected chi connectivity index (χ3v) is 4.57. The third-order valence-electron chi connectivity index (χ3n) is 3.69. The van der Waals surface area contributed by atoms with E-state index in [1.54, 1.807) is 0 Å². The fraction of sp³-hybridized carbons (Fsp3) is 0.667. The molecule has 2 aliphatic carbocycles. The van der Waals surface area contributed by atoms with Crippen LogP contribution in [0.3, 0.4) is 0 Å². The lowest BCUT2D eigenvalue weighted by Gasteiger charge is -2.14. The van der Waals surface area contributed by atoms with Crippen LogP contribution in [0.2, 0.25) is 0 Å². The van der Waals surface area contributed by atoms with Crippen LogP contribution >= 0.6 is 11.3 Å². The lowest BCUT2D eigenvalue weighted by Crippen LogP contribution is -2.24. The Kier molecular flexibility index (Phi) is 2.14. The van der Waals surface area contributed by atoms with E-state index in [2.05, 4.69) is 22.8 Å². The Morgan fingerprint density at radius 1 is 1.43 bits per heavy atom. The standard InChI is InChI=1S/C12H17NS/c1-2-11(14-7-1)8-13-9-12(5-6-12)10-3-4-10/h1-2,7,10,13H,3-6,8-9H2. The quantitative estimate of drug-likeness (QED) is 0.782. The first-order chi connectivity index (χ1) is 6.89. The van der Waals surface area contributed by atoms with Crippen LogP contribution < -0.4 is 5.32 Å². The molecular formula is C12H17NS. The third kappa shape index (κ3) is 1.73. The zero-order valence-corrected chi connectivity index (χ0v) is 9.28. The first-order valence-electron chi connectivity index (χ1n) is 5.62. The molecule has 1 N–H and O–H groups in total. The Labute approximate surface area is 89.5 Å². The number of rotatable bonds is 5. The fourth-order valence-corrected chi connectivity index (χ4v) is 3.11. The van der Waals surface area contributed by atoms with Gasteiger partial charge in [0.15, 0.2) is 0 Å². The van der Waals surface area contributed by atoms with E-state index in [1.807, 2.05) is 11.3 Å². The van der Waals surface area contributed by atoms with Gasteiger partial charge in [0.25, 0.3) is 0 Å². The Morgan fingerprint density at radius 3 is 2.86 bits per heavy atom. The minimum absolute atomic E-state index is 0.747. The van der Waals surface area contributed by atoms with Crippen LogP contribution in [0.15, 0.2) is 17.5 Å². The van der Waals surface area contributed by atoms with Crippen molar-refractivity contribution in [1.29, 1.82) is 0 Å². The molecule has 1 aromatic heterocycles. The van der Waals surface area contributed by atoms with E-state index in [-0.39, 0.29) is 0 Å². The maximum Gasteiger partial charge on any atom is 0.0299 e. The Balaban J connectivity index is 1.46. The van der Waals surface area contributed by atoms with E-state index in [1.165, 1.54) is 37.1 Å². The van der Waals surface area contributed by atoms with Gasteiger partial charge in [-0.3, -0.25) is 0 Å². The van der Waals surface area contributed by atoms with Gasteiger partial charge >= 0.3 is 0 Å². The normalized spacial score (nSPS) is 23.7. The highest BCUT2D eigenvalue weighted by Crippen LogP contribution is 2.60. The van der Waals surface area contributed by atoms with Crippen molar-refractivity contribution in [2.24, 2.45) is 11.3 Å². The van der Waals surface area contributed by atoms with E-state index >= 15 is 0 Å². The summed E-state index contributed by atoms with van der Waals surface area (Å²) in [5.41, 5.74) is 0.747. The Morgan fingerprint density at radius 2 is 2.29 bits per heavy atom. The topological polar surface area (TPSA) is 12.0 Å². The molecule has 0 bridgehead atoms. The smallest absolute Gasteiger partial charge is 0.0299 e. The molecule has 0 aromatic carbocycles. The molecular weight excluding hydrogens is 190 g/mol. The summed E-state index contributed by atoms with van der Waals surface area (Å²) in [5.74, 6) is 1.08. The lowest BCUT2D eigenvalue weighted by molar-refractivity contribution is 0.404. The molecule has 2 heteroatoms. The molecule has 0 atom stereocenters. The highest BCUT2D eigenvalue weighted by Gasteiger charge is 2.53. The van der Waals surface area contributed by atoms with Gasteiger partial charge in [0.1, 0.15) is 0 Å². The molecule has 0 radical (unpaired) electrons. The van der Waals surface area contributed by atoms with E-state index in [4.69, 9.17) is 0 Å². The van der Waals surface area contributed by atoms with Gasteiger partial charge in [0.2, 0.25) is 0 Å². The van der Waals surface area contributed by atoms with Gasteiger partial charge < -0.3 is 5.32 Å². The van der Waals surface area contributed by atoms with E-state index < -0.39 is 0 Å². The molecule has 0 unspecified atom stereocenters. The van der Waals surface area contributed by atoms with Crippen molar-refractivity contribution in [3.63, 3.8) is 0 Å². The van der Waals surface area contributed by atoms with Crippen LogP contribution in [0, 0.1) is 11.3 Å². The van der Waals surface area contributed by atoms with Gasteiger partial charge in [-0.1, -0.05) is 6.07 Å². The van der Waals surface area contributed by atoms with Gasteiger partial charge in [0, 0.05) is 18.0 Å². The maximum absolute atomic E-state index is 3.62. The molecule has 0 spiro atoms. The minimum atomic E-state index is 0.747. The zero-order valence-electron chi connectivity index (χ0n) is 8.46. The van der Waals surface area contributed by atoms with Crippen LogP contribution in [0.25, 0.3) is 0 Å². The van der Waals surface area contributed by atoms with E-state index in [0.717, 1.165) is 17.9 Å². The fourth-order valence-electron chi connectivity index (χ4n) is 2.43. The highest BCUT2D eigenvalue weighted by molar-refractivity contribution is 7.09. The number of nitrogens with one attached hydrogen (secondary N) is 1. The maximum atomic E-state index is 3.62. The summed E-state index contributed by atoms with van der Waals surface area (Å²) in [6, 6.07) is 4.35. The van der Waals surface area contributed by atoms with Gasteiger partial charge in [-0.2, -0.15) is 0 Å². The van der Waals surface area contributed by atoms with Gasteiger partial charge in [-0.15, -0.1) is 11.3 Å². The second kappa shape index (κ2) is 3.35. The number of hydrogen-bond donors (Lipinski definition) is 1. The molecule has 0 amide bonds. The first-order valence-corrected chi connectivity index (χ1v) is 6.50. The molecule has 14 heavy (non-hydrogen) atoms. The summed E-state index contributed by atoms with van der Waals surface area (Å²) in [5, 5.41) is 5.78. The summed E-state index contributed by atoms with van der Waals surface area (Å²) in [4.78, 5) is 1.47. The largest absolute Gasteiger partial charge is 0.311 e. The van der Waals surface area contributed by atoms with Gasteiger partial charge in [0.05, 0.1) is 0 Å². The molecule has 1 heterocycles. The minimum Gasteiger partial charge on any atom is -0.311 e. The monoisotopic (exact) mass is 207 g/mol. The van der Waals surface area contributed by atoms with Crippen molar-refractivity contribution in [1.82, 2.24) is 5.32 Å². The average Bonchev–Trinajstić information content (AvgIpc) is 3.07. The number of thiophene rings is 1. The summed E-state index contributed by atoms with van der Waals surface area (Å²) >= 11 is 1.86. The van der Waals surface area contributed by atoms with Crippen molar-refractivity contribution >= 4 is 11.3 Å². The van der Waals surface area contributed by atoms with Crippen molar-refractivity contribution in [2.75, 3.05) is 6.54 Å². The zero-order chi connectivity index (χ0) is 9.43. The van der Waals surface area contributed by atoms with Crippen LogP contribution in [-0.4, -0.2) is 6.54 Å². The molecule has 2 fully saturated rings. The molecule has 3 rings (SSSR count). The second-order valence-electron chi connectivity index (χ2n) is 4.82. The molecule has 76 valence electrons. The average molecular weight is 207 g/mol. The summed E-state index contributed by atoms with van der Waals surface area (Å²) < 4.78 is 0. The van der Waals surface area contributed by atoms with Crippen molar-refractivity contribution in [3.05, 3.63) is 22.4 Å². The van der Waals surface area contributed by atoms with Crippen molar-refractivity contribution < 1.29 is 0 Å². The predicted molar refractivity (Wildman–Crippen MR) is 60.4 cm³/mol. The second-order valence-corrected chi connectivity index (χ2v) is 5.85. The Bertz CT molecular complexity index is 296. The van der Waals surface area contributed by atoms with E-state index in [0.29, 0.717) is 0 Å². The van der Waals surface area contributed by atoms with Crippen molar-refractivity contribution in [3.8, 4) is 0 Å². The lowest BCUT2D eigenvalue weighted by atomic mass is 10.0. The summed E-state index contributed by atoms with van der Waals surface area (Å²) in [6.45, 7) is 2.34. The Hall–Kier alpha value is -0.340. The summed E-state index contributed by atoms with van der Waals surface area (Å²) in [7, 11) is 0. The molecule has 0 saturated heterocycles. The molecule has 0 aliphatic heterocycles. The molecule has 1 nitrogen and oxygen atoms in total. The molecule has 2 saturated carbocycles. The summed E-state index contributed by atoms with van der Waals surface area (Å²) in [6.07, 6.45) is 5.96. The van der Waals surface area contributed by atoms with Crippen molar-refractivity contribution in [2.45, 2.75) is 32.2 Å².